The van der Waals surface area contributed by atoms with E-state index in [4.69, 9.17) is 16.3 Å². The predicted octanol–water partition coefficient (Wildman–Crippen LogP) is 10.2. The number of hydrogen-bond acceptors (Lipinski definition) is 13. The summed E-state index contributed by atoms with van der Waals surface area (Å²) in [4.78, 5) is 32.8. The molecule has 0 spiro atoms. The van der Waals surface area contributed by atoms with Crippen LogP contribution in [0.3, 0.4) is 0 Å². The molecule has 0 radical (unpaired) electrons. The maximum absolute atomic E-state index is 14.4. The van der Waals surface area contributed by atoms with Crippen LogP contribution in [-0.4, -0.2) is 137 Å². The lowest BCUT2D eigenvalue weighted by molar-refractivity contribution is -0.0436. The van der Waals surface area contributed by atoms with Crippen LogP contribution < -0.4 is 14.9 Å². The molecule has 0 unspecified atom stereocenters. The van der Waals surface area contributed by atoms with Crippen molar-refractivity contribution < 1.29 is 49.4 Å². The Morgan fingerprint density at radius 3 is 2.12 bits per heavy atom. The molecule has 21 heteroatoms. The Hall–Kier alpha value is -5.35. The minimum absolute atomic E-state index is 0.0286. The number of sulfonamides is 1. The van der Waals surface area contributed by atoms with E-state index in [0.717, 1.165) is 52.4 Å². The van der Waals surface area contributed by atoms with Crippen LogP contribution in [0.4, 0.5) is 29.3 Å². The summed E-state index contributed by atoms with van der Waals surface area (Å²) in [5.41, 5.74) is -3.40. The van der Waals surface area contributed by atoms with Crippen molar-refractivity contribution in [2.45, 2.75) is 84.4 Å². The summed E-state index contributed by atoms with van der Waals surface area (Å²) in [6.45, 7) is 11.2. The number of nitrogens with zero attached hydrogens (tertiary/aromatic N) is 4. The summed E-state index contributed by atoms with van der Waals surface area (Å²) in [5, 5.41) is 15.2. The van der Waals surface area contributed by atoms with E-state index in [1.54, 1.807) is 17.0 Å². The van der Waals surface area contributed by atoms with Crippen LogP contribution in [0.1, 0.15) is 68.5 Å². The van der Waals surface area contributed by atoms with Gasteiger partial charge < -0.3 is 29.9 Å². The molecule has 2 aliphatic heterocycles. The number of thioether (sulfide) groups is 1. The highest BCUT2D eigenvalue weighted by Crippen LogP contribution is 2.39. The van der Waals surface area contributed by atoms with Gasteiger partial charge in [0.1, 0.15) is 10.5 Å². The molecule has 0 saturated carbocycles. The second-order valence-corrected chi connectivity index (χ2v) is 25.3. The molecule has 2 saturated heterocycles. The molecule has 2 amide bonds. The van der Waals surface area contributed by atoms with Gasteiger partial charge in [-0.3, -0.25) is 9.69 Å². The van der Waals surface area contributed by atoms with Crippen molar-refractivity contribution in [3.8, 4) is 11.1 Å². The highest BCUT2D eigenvalue weighted by molar-refractivity contribution is 7.99. The molecule has 14 nitrogen and oxygen atoms in total. The van der Waals surface area contributed by atoms with Gasteiger partial charge in [-0.1, -0.05) is 66.2 Å². The van der Waals surface area contributed by atoms with E-state index < -0.39 is 64.5 Å². The van der Waals surface area contributed by atoms with Crippen LogP contribution >= 0.6 is 23.4 Å². The number of carbonyl (C=O) groups excluding carboxylic acids is 2. The first-order valence-corrected chi connectivity index (χ1v) is 29.5. The zero-order chi connectivity index (χ0) is 54.8. The average molecular weight is 1130 g/mol. The number of anilines is 2. The van der Waals surface area contributed by atoms with E-state index in [0.29, 0.717) is 88.5 Å². The summed E-state index contributed by atoms with van der Waals surface area (Å²) >= 11 is 7.54. The van der Waals surface area contributed by atoms with Gasteiger partial charge in [0.15, 0.2) is 0 Å². The van der Waals surface area contributed by atoms with Crippen LogP contribution in [0.5, 0.6) is 0 Å². The lowest BCUT2D eigenvalue weighted by Crippen LogP contribution is -2.50. The third-order valence-electron chi connectivity index (χ3n) is 13.5. The Morgan fingerprint density at radius 1 is 0.829 bits per heavy atom. The second-order valence-electron chi connectivity index (χ2n) is 20.2. The van der Waals surface area contributed by atoms with Gasteiger partial charge in [-0.05, 0) is 162 Å². The Morgan fingerprint density at radius 2 is 1.47 bits per heavy atom. The fourth-order valence-electron chi connectivity index (χ4n) is 9.24. The van der Waals surface area contributed by atoms with Crippen LogP contribution in [0, 0.1) is 5.92 Å². The Labute approximate surface area is 453 Å². The van der Waals surface area contributed by atoms with Gasteiger partial charge in [0.2, 0.25) is 0 Å². The number of aliphatic hydroxyl groups excluding tert-OH is 1. The first-order chi connectivity index (χ1) is 36.0. The number of alkyl halides is 3. The molecule has 5 aromatic carbocycles. The number of rotatable bonds is 20. The molecule has 0 aliphatic carbocycles. The lowest BCUT2D eigenvalue weighted by Gasteiger charge is -2.36. The molecule has 410 valence electrons. The third kappa shape index (κ3) is 15.7. The molecule has 2 atom stereocenters. The quantitative estimate of drug-likeness (QED) is 0.0631. The second kappa shape index (κ2) is 25.4. The molecule has 2 heterocycles. The lowest BCUT2D eigenvalue weighted by atomic mass is 9.84. The molecule has 0 aromatic heterocycles. The van der Waals surface area contributed by atoms with Crippen LogP contribution in [0.15, 0.2) is 136 Å². The molecule has 7 rings (SSSR count). The fraction of sp³-hybridized carbons (Fsp3) is 0.418. The van der Waals surface area contributed by atoms with E-state index in [1.165, 1.54) is 23.9 Å². The number of benzene rings is 5. The van der Waals surface area contributed by atoms with E-state index >= 15 is 0 Å². The van der Waals surface area contributed by atoms with Crippen molar-refractivity contribution in [3.05, 3.63) is 137 Å². The van der Waals surface area contributed by atoms with Crippen molar-refractivity contribution in [2.75, 3.05) is 81.9 Å². The van der Waals surface area contributed by atoms with Gasteiger partial charge in [-0.2, -0.15) is 13.2 Å². The molecule has 3 N–H and O–H groups in total. The van der Waals surface area contributed by atoms with Gasteiger partial charge in [-0.15, -0.1) is 11.8 Å². The summed E-state index contributed by atoms with van der Waals surface area (Å²) in [6, 6.07) is 32.5. The SMILES string of the molecule is CN(CCCN1CCN(C(=O)OC(C)(C)C)CC1)CC[C@H](CSc1ccccc1)Nc1ccc(S(=O)(=O)NC(=O)c2ccc(N3CCC([C@@H](O)c4ccccc4-c4ccc(Cl)cc4)CC3)cc2)cc1S(=O)(=O)C(F)(F)F. The molecule has 76 heavy (non-hydrogen) atoms. The average Bonchev–Trinajstić information content (AvgIpc) is 3.39. The number of carbonyl (C=O) groups is 2. The van der Waals surface area contributed by atoms with Crippen LogP contribution in [0.2, 0.25) is 5.02 Å². The van der Waals surface area contributed by atoms with Gasteiger partial charge in [0.25, 0.3) is 25.8 Å². The minimum Gasteiger partial charge on any atom is -0.444 e. The number of nitrogens with one attached hydrogen (secondary N) is 2. The van der Waals surface area contributed by atoms with E-state index in [9.17, 15) is 44.7 Å². The van der Waals surface area contributed by atoms with Crippen molar-refractivity contribution >= 4 is 66.6 Å². The Kier molecular flexibility index (Phi) is 19.5. The standard InChI is InChI=1S/C55H66ClF3N6O8S3/c1-54(2,3)73-53(68)65-35-33-63(34-36-65)29-10-28-62(4)30-27-43(38-74-45-11-6-5-7-12-45)60-49-24-23-46(37-50(49)75(69,70)55(57,58)59)76(71,72)61-52(67)41-17-21-44(22-18-41)64-31-25-40(26-32-64)51(66)48-14-9-8-13-47(48)39-15-19-42(56)20-16-39/h5-9,11-24,37,40,43,51,60,66H,10,25-36,38H2,1-4H3,(H,61,67)/t43-,51-/m1/s1. The zero-order valence-electron chi connectivity index (χ0n) is 43.0. The number of piperidine rings is 1. The maximum Gasteiger partial charge on any atom is 0.501 e. The first kappa shape index (κ1) is 58.3. The third-order valence-corrected chi connectivity index (χ3v) is 17.7. The normalized spacial score (nSPS) is 16.1. The van der Waals surface area contributed by atoms with E-state index in [1.807, 2.05) is 111 Å². The van der Waals surface area contributed by atoms with Crippen LogP contribution in [0.25, 0.3) is 11.1 Å². The molecular formula is C55H66ClF3N6O8S3. The number of aliphatic hydroxyl groups is 1. The smallest absolute Gasteiger partial charge is 0.444 e. The topological polar surface area (TPSA) is 169 Å². The molecule has 0 bridgehead atoms. The summed E-state index contributed by atoms with van der Waals surface area (Å²) < 4.78 is 104. The molecule has 2 aliphatic rings. The van der Waals surface area contributed by atoms with Gasteiger partial charge in [-0.25, -0.2) is 26.4 Å². The van der Waals surface area contributed by atoms with Crippen LogP contribution in [-0.2, 0) is 24.6 Å². The maximum atomic E-state index is 14.4. The highest BCUT2D eigenvalue weighted by atomic mass is 35.5. The first-order valence-electron chi connectivity index (χ1n) is 25.2. The number of halogens is 4. The van der Waals surface area contributed by atoms with Crippen molar-refractivity contribution in [3.63, 3.8) is 0 Å². The van der Waals surface area contributed by atoms with Gasteiger partial charge in [0, 0.05) is 72.2 Å². The largest absolute Gasteiger partial charge is 0.501 e. The predicted molar refractivity (Wildman–Crippen MR) is 293 cm³/mol. The number of hydrogen-bond donors (Lipinski definition) is 3. The summed E-state index contributed by atoms with van der Waals surface area (Å²) in [7, 11) is -9.10. The highest BCUT2D eigenvalue weighted by Gasteiger charge is 2.48. The van der Waals surface area contributed by atoms with Gasteiger partial charge in [0.05, 0.1) is 16.7 Å². The Bertz CT molecular complexity index is 2970. The Balaban J connectivity index is 0.978. The molecular weight excluding hydrogens is 1060 g/mol. The minimum atomic E-state index is -6.12. The van der Waals surface area contributed by atoms with E-state index in [2.05, 4.69) is 20.0 Å². The summed E-state index contributed by atoms with van der Waals surface area (Å²) in [6.07, 6.45) is 1.48. The number of amides is 2. The van der Waals surface area contributed by atoms with Crippen molar-refractivity contribution in [2.24, 2.45) is 5.92 Å². The van der Waals surface area contributed by atoms with Crippen molar-refractivity contribution in [1.29, 1.82) is 0 Å². The van der Waals surface area contributed by atoms with Crippen molar-refractivity contribution in [1.82, 2.24) is 19.4 Å². The number of sulfone groups is 1. The van der Waals surface area contributed by atoms with Gasteiger partial charge >= 0.3 is 11.6 Å². The molecule has 2 fully saturated rings. The van der Waals surface area contributed by atoms with E-state index in [-0.39, 0.29) is 17.6 Å². The summed E-state index contributed by atoms with van der Waals surface area (Å²) in [5.74, 6) is -0.778. The number of ether oxygens (including phenoxy) is 1. The zero-order valence-corrected chi connectivity index (χ0v) is 46.2. The monoisotopic (exact) mass is 1130 g/mol. The fourth-order valence-corrected chi connectivity index (χ4v) is 12.4. The number of piperazine rings is 1. The molecule has 5 aromatic rings.